The number of hydrogen-bond donors (Lipinski definition) is 1. The fraction of sp³-hybridized carbons (Fsp3) is 0.545. The van der Waals surface area contributed by atoms with E-state index >= 15 is 0 Å². The second kappa shape index (κ2) is 3.15. The van der Waals surface area contributed by atoms with Crippen molar-refractivity contribution < 1.29 is 14.3 Å². The monoisotopic (exact) mass is 194 g/mol. The Morgan fingerprint density at radius 2 is 2.50 bits per heavy atom. The van der Waals surface area contributed by atoms with E-state index in [0.29, 0.717) is 0 Å². The molecule has 2 rings (SSSR count). The zero-order valence-corrected chi connectivity index (χ0v) is 8.25. The first-order valence-electron chi connectivity index (χ1n) is 4.90. The Hall–Kier alpha value is -1.25. The van der Waals surface area contributed by atoms with Gasteiger partial charge in [-0.2, -0.15) is 0 Å². The number of carbonyl (C=O) groups is 1. The largest absolute Gasteiger partial charge is 0.481 e. The van der Waals surface area contributed by atoms with Gasteiger partial charge >= 0.3 is 5.97 Å². The van der Waals surface area contributed by atoms with Gasteiger partial charge in [-0.15, -0.1) is 0 Å². The van der Waals surface area contributed by atoms with E-state index in [1.165, 1.54) is 5.56 Å². The van der Waals surface area contributed by atoms with E-state index in [0.717, 1.165) is 25.0 Å². The van der Waals surface area contributed by atoms with Gasteiger partial charge in [0.1, 0.15) is 5.76 Å². The Morgan fingerprint density at radius 3 is 3.21 bits per heavy atom. The van der Waals surface area contributed by atoms with Gasteiger partial charge in [-0.05, 0) is 30.9 Å². The average molecular weight is 194 g/mol. The highest BCUT2D eigenvalue weighted by atomic mass is 16.4. The Labute approximate surface area is 82.7 Å². The van der Waals surface area contributed by atoms with Gasteiger partial charge in [-0.1, -0.05) is 6.92 Å². The molecule has 0 amide bonds. The molecular formula is C11H14O3. The second-order valence-electron chi connectivity index (χ2n) is 4.26. The molecule has 76 valence electrons. The van der Waals surface area contributed by atoms with Crippen molar-refractivity contribution in [3.8, 4) is 0 Å². The van der Waals surface area contributed by atoms with Crippen LogP contribution in [0, 0.1) is 0 Å². The summed E-state index contributed by atoms with van der Waals surface area (Å²) in [6.07, 6.45) is 4.79. The fourth-order valence-corrected chi connectivity index (χ4v) is 2.35. The molecule has 0 spiro atoms. The van der Waals surface area contributed by atoms with Crippen molar-refractivity contribution in [1.29, 1.82) is 0 Å². The summed E-state index contributed by atoms with van der Waals surface area (Å²) < 4.78 is 5.41. The Balaban J connectivity index is 2.34. The molecule has 1 atom stereocenters. The molecule has 0 saturated carbocycles. The molecule has 1 N–H and O–H groups in total. The molecule has 1 aliphatic rings. The van der Waals surface area contributed by atoms with Gasteiger partial charge in [0.2, 0.25) is 0 Å². The predicted octanol–water partition coefficient (Wildman–Crippen LogP) is 2.35. The molecule has 0 fully saturated rings. The van der Waals surface area contributed by atoms with Crippen LogP contribution < -0.4 is 0 Å². The second-order valence-corrected chi connectivity index (χ2v) is 4.26. The molecule has 1 aromatic heterocycles. The number of fused-ring (bicyclic) bond motifs is 1. The first-order valence-corrected chi connectivity index (χ1v) is 4.90. The minimum Gasteiger partial charge on any atom is -0.481 e. The Kier molecular flexibility index (Phi) is 2.10. The maximum Gasteiger partial charge on any atom is 0.304 e. The van der Waals surface area contributed by atoms with Crippen LogP contribution in [0.15, 0.2) is 16.7 Å². The Morgan fingerprint density at radius 1 is 1.71 bits per heavy atom. The van der Waals surface area contributed by atoms with Crippen LogP contribution >= 0.6 is 0 Å². The molecule has 14 heavy (non-hydrogen) atoms. The molecule has 1 aliphatic carbocycles. The van der Waals surface area contributed by atoms with E-state index in [1.54, 1.807) is 6.26 Å². The van der Waals surface area contributed by atoms with Gasteiger partial charge in [0.25, 0.3) is 0 Å². The number of carboxylic acid groups (broad SMARTS) is 1. The van der Waals surface area contributed by atoms with Crippen LogP contribution in [-0.2, 0) is 16.6 Å². The molecule has 0 aliphatic heterocycles. The van der Waals surface area contributed by atoms with E-state index in [1.807, 2.05) is 13.0 Å². The first kappa shape index (κ1) is 9.31. The molecule has 0 saturated heterocycles. The van der Waals surface area contributed by atoms with E-state index in [-0.39, 0.29) is 11.8 Å². The van der Waals surface area contributed by atoms with Crippen molar-refractivity contribution in [2.75, 3.05) is 0 Å². The highest BCUT2D eigenvalue weighted by Gasteiger charge is 2.36. The fourth-order valence-electron chi connectivity index (χ4n) is 2.35. The van der Waals surface area contributed by atoms with Crippen molar-refractivity contribution in [3.63, 3.8) is 0 Å². The lowest BCUT2D eigenvalue weighted by Gasteiger charge is -2.30. The van der Waals surface area contributed by atoms with Crippen LogP contribution in [0.3, 0.4) is 0 Å². The normalized spacial score (nSPS) is 25.8. The third-order valence-corrected chi connectivity index (χ3v) is 3.01. The van der Waals surface area contributed by atoms with Crippen molar-refractivity contribution in [2.45, 2.75) is 38.0 Å². The number of aryl methyl sites for hydroxylation is 1. The third kappa shape index (κ3) is 1.43. The summed E-state index contributed by atoms with van der Waals surface area (Å²) in [6.45, 7) is 1.97. The van der Waals surface area contributed by atoms with E-state index in [2.05, 4.69) is 0 Å². The van der Waals surface area contributed by atoms with E-state index in [4.69, 9.17) is 9.52 Å². The van der Waals surface area contributed by atoms with Crippen LogP contribution in [0.4, 0.5) is 0 Å². The summed E-state index contributed by atoms with van der Waals surface area (Å²) in [6, 6.07) is 1.95. The average Bonchev–Trinajstić information content (AvgIpc) is 2.51. The van der Waals surface area contributed by atoms with Gasteiger partial charge in [-0.25, -0.2) is 0 Å². The SMILES string of the molecule is CC1(CC(=O)O)CCCc2ccoc21. The number of furan rings is 1. The summed E-state index contributed by atoms with van der Waals surface area (Å²) in [5, 5.41) is 8.85. The molecule has 0 bridgehead atoms. The minimum absolute atomic E-state index is 0.160. The summed E-state index contributed by atoms with van der Waals surface area (Å²) in [5.41, 5.74) is 0.878. The Bertz CT molecular complexity index is 353. The highest BCUT2D eigenvalue weighted by Crippen LogP contribution is 2.40. The number of hydrogen-bond acceptors (Lipinski definition) is 2. The van der Waals surface area contributed by atoms with Gasteiger partial charge in [0, 0.05) is 5.41 Å². The van der Waals surface area contributed by atoms with Gasteiger partial charge < -0.3 is 9.52 Å². The maximum absolute atomic E-state index is 10.8. The summed E-state index contributed by atoms with van der Waals surface area (Å²) in [4.78, 5) is 10.8. The molecule has 0 radical (unpaired) electrons. The zero-order valence-electron chi connectivity index (χ0n) is 8.25. The smallest absolute Gasteiger partial charge is 0.304 e. The van der Waals surface area contributed by atoms with Crippen LogP contribution in [0.5, 0.6) is 0 Å². The molecular weight excluding hydrogens is 180 g/mol. The molecule has 3 nitrogen and oxygen atoms in total. The lowest BCUT2D eigenvalue weighted by molar-refractivity contribution is -0.138. The summed E-state index contributed by atoms with van der Waals surface area (Å²) >= 11 is 0. The summed E-state index contributed by atoms with van der Waals surface area (Å²) in [5.74, 6) is 0.128. The van der Waals surface area contributed by atoms with Gasteiger partial charge in [0.05, 0.1) is 12.7 Å². The molecule has 1 heterocycles. The lowest BCUT2D eigenvalue weighted by atomic mass is 9.73. The van der Waals surface area contributed by atoms with E-state index < -0.39 is 5.97 Å². The molecule has 1 aromatic rings. The first-order chi connectivity index (χ1) is 6.62. The highest BCUT2D eigenvalue weighted by molar-refractivity contribution is 5.69. The molecule has 0 aromatic carbocycles. The number of carboxylic acids is 1. The van der Waals surface area contributed by atoms with Crippen molar-refractivity contribution >= 4 is 5.97 Å². The van der Waals surface area contributed by atoms with Crippen molar-refractivity contribution in [1.82, 2.24) is 0 Å². The molecule has 3 heteroatoms. The van der Waals surface area contributed by atoms with Crippen LogP contribution in [0.2, 0.25) is 0 Å². The lowest BCUT2D eigenvalue weighted by Crippen LogP contribution is -2.29. The maximum atomic E-state index is 10.8. The van der Waals surface area contributed by atoms with Crippen molar-refractivity contribution in [2.24, 2.45) is 0 Å². The summed E-state index contributed by atoms with van der Waals surface area (Å²) in [7, 11) is 0. The van der Waals surface area contributed by atoms with Gasteiger partial charge in [0.15, 0.2) is 0 Å². The topological polar surface area (TPSA) is 50.4 Å². The molecule has 1 unspecified atom stereocenters. The third-order valence-electron chi connectivity index (χ3n) is 3.01. The quantitative estimate of drug-likeness (QED) is 0.786. The predicted molar refractivity (Wildman–Crippen MR) is 51.3 cm³/mol. The van der Waals surface area contributed by atoms with E-state index in [9.17, 15) is 4.79 Å². The van der Waals surface area contributed by atoms with Gasteiger partial charge in [-0.3, -0.25) is 4.79 Å². The minimum atomic E-state index is -0.753. The number of rotatable bonds is 2. The van der Waals surface area contributed by atoms with Crippen molar-refractivity contribution in [3.05, 3.63) is 23.7 Å². The number of aliphatic carboxylic acids is 1. The zero-order chi connectivity index (χ0) is 10.2. The van der Waals surface area contributed by atoms with Crippen LogP contribution in [0.1, 0.15) is 37.5 Å². The standard InChI is InChI=1S/C11H14O3/c1-11(7-9(12)13)5-2-3-8-4-6-14-10(8)11/h4,6H,2-3,5,7H2,1H3,(H,12,13). The van der Waals surface area contributed by atoms with Crippen LogP contribution in [-0.4, -0.2) is 11.1 Å². The van der Waals surface area contributed by atoms with Crippen LogP contribution in [0.25, 0.3) is 0 Å².